The van der Waals surface area contributed by atoms with Crippen molar-refractivity contribution in [2.75, 3.05) is 0 Å². The van der Waals surface area contributed by atoms with Crippen LogP contribution in [-0.2, 0) is 0 Å². The van der Waals surface area contributed by atoms with Gasteiger partial charge in [-0.3, -0.25) is 4.98 Å². The summed E-state index contributed by atoms with van der Waals surface area (Å²) in [6.07, 6.45) is 1.99. The molecular weight excluding hydrogens is 390 g/mol. The average molecular weight is 412 g/mol. The van der Waals surface area contributed by atoms with Gasteiger partial charge in [0.2, 0.25) is 0 Å². The predicted octanol–water partition coefficient (Wildman–Crippen LogP) is 6.50. The molecule has 0 bridgehead atoms. The highest BCUT2D eigenvalue weighted by molar-refractivity contribution is 7.03. The summed E-state index contributed by atoms with van der Waals surface area (Å²) in [5.74, 6) is 0. The molecule has 5 aromatic carbocycles. The molecule has 0 saturated heterocycles. The summed E-state index contributed by atoms with van der Waals surface area (Å²) in [7, 11) is -1.92. The first kappa shape index (κ1) is 17.2. The van der Waals surface area contributed by atoms with Crippen LogP contribution in [0.4, 0.5) is 0 Å². The van der Waals surface area contributed by atoms with Crippen molar-refractivity contribution in [3.8, 4) is 11.3 Å². The van der Waals surface area contributed by atoms with Crippen molar-refractivity contribution in [2.45, 2.75) is 13.1 Å². The summed E-state index contributed by atoms with van der Waals surface area (Å²) in [5.41, 5.74) is 2.48. The van der Waals surface area contributed by atoms with Crippen LogP contribution in [0.1, 0.15) is 0 Å². The highest BCUT2D eigenvalue weighted by atomic mass is 28.3. The Morgan fingerprint density at radius 2 is 1.32 bits per heavy atom. The molecule has 0 atom stereocenters. The first-order valence-corrected chi connectivity index (χ1v) is 13.9. The lowest BCUT2D eigenvalue weighted by Crippen LogP contribution is -2.56. The van der Waals surface area contributed by atoms with Gasteiger partial charge in [0.25, 0.3) is 0 Å². The van der Waals surface area contributed by atoms with Crippen LogP contribution in [0.15, 0.2) is 91.1 Å². The summed E-state index contributed by atoms with van der Waals surface area (Å²) in [6, 6.07) is 31.5. The highest BCUT2D eigenvalue weighted by Crippen LogP contribution is 2.38. The maximum absolute atomic E-state index is 4.94. The Morgan fingerprint density at radius 1 is 0.581 bits per heavy atom. The van der Waals surface area contributed by atoms with Gasteiger partial charge in [-0.25, -0.2) is 0 Å². The van der Waals surface area contributed by atoms with Crippen LogP contribution < -0.4 is 10.4 Å². The van der Waals surface area contributed by atoms with E-state index in [0.717, 1.165) is 5.69 Å². The molecule has 1 aromatic heterocycles. The monoisotopic (exact) mass is 411 g/mol. The van der Waals surface area contributed by atoms with Crippen LogP contribution in [-0.4, -0.2) is 13.1 Å². The fourth-order valence-corrected chi connectivity index (χ4v) is 8.71. The molecule has 0 amide bonds. The zero-order valence-corrected chi connectivity index (χ0v) is 18.6. The zero-order valence-electron chi connectivity index (χ0n) is 17.6. The maximum Gasteiger partial charge on any atom is 0.114 e. The van der Waals surface area contributed by atoms with Crippen molar-refractivity contribution in [3.05, 3.63) is 91.1 Å². The average Bonchev–Trinajstić information content (AvgIpc) is 2.81. The second-order valence-electron chi connectivity index (χ2n) is 9.26. The maximum atomic E-state index is 4.94. The molecule has 7 rings (SSSR count). The summed E-state index contributed by atoms with van der Waals surface area (Å²) in [4.78, 5) is 4.94. The zero-order chi connectivity index (χ0) is 20.7. The van der Waals surface area contributed by atoms with Crippen LogP contribution >= 0.6 is 0 Å². The Kier molecular flexibility index (Phi) is 3.22. The third kappa shape index (κ3) is 2.18. The highest BCUT2D eigenvalue weighted by Gasteiger charge is 2.36. The summed E-state index contributed by atoms with van der Waals surface area (Å²) >= 11 is 0. The number of rotatable bonds is 0. The van der Waals surface area contributed by atoms with Crippen molar-refractivity contribution < 1.29 is 0 Å². The Balaban J connectivity index is 1.72. The van der Waals surface area contributed by atoms with E-state index in [1.807, 2.05) is 6.20 Å². The van der Waals surface area contributed by atoms with Gasteiger partial charge in [-0.1, -0.05) is 85.9 Å². The van der Waals surface area contributed by atoms with Gasteiger partial charge >= 0.3 is 0 Å². The molecule has 1 aliphatic heterocycles. The van der Waals surface area contributed by atoms with Gasteiger partial charge in [0.05, 0.1) is 5.69 Å². The summed E-state index contributed by atoms with van der Waals surface area (Å²) in [5, 5.41) is 13.7. The minimum Gasteiger partial charge on any atom is -0.256 e. The van der Waals surface area contributed by atoms with Crippen molar-refractivity contribution in [3.63, 3.8) is 0 Å². The van der Waals surface area contributed by atoms with E-state index in [1.54, 1.807) is 0 Å². The molecule has 6 aromatic rings. The van der Waals surface area contributed by atoms with Crippen molar-refractivity contribution in [1.82, 2.24) is 4.98 Å². The Labute approximate surface area is 182 Å². The third-order valence-corrected chi connectivity index (χ3v) is 10.8. The first-order valence-electron chi connectivity index (χ1n) is 10.9. The molecule has 0 fully saturated rings. The van der Waals surface area contributed by atoms with Gasteiger partial charge in [-0.05, 0) is 60.2 Å². The molecule has 0 spiro atoms. The number of pyridine rings is 1. The molecule has 31 heavy (non-hydrogen) atoms. The lowest BCUT2D eigenvalue weighted by atomic mass is 9.94. The smallest absolute Gasteiger partial charge is 0.114 e. The fraction of sp³-hybridized carbons (Fsp3) is 0.0690. The molecule has 2 heteroatoms. The topological polar surface area (TPSA) is 12.9 Å². The van der Waals surface area contributed by atoms with E-state index >= 15 is 0 Å². The molecule has 1 aliphatic rings. The quantitative estimate of drug-likeness (QED) is 0.205. The summed E-state index contributed by atoms with van der Waals surface area (Å²) < 4.78 is 0. The number of hydrogen-bond donors (Lipinski definition) is 0. The standard InChI is InChI=1S/C29H21NSi/c1-31(2)26-16-20-9-4-3-8-19(20)15-25(26)29-28-23(13-14-30-29)22-12-11-18-7-5-6-10-21(18)24(22)17-27(28)31/h3-17H,1-2H3. The van der Waals surface area contributed by atoms with Gasteiger partial charge in [0, 0.05) is 17.1 Å². The molecule has 0 N–H and O–H groups in total. The second kappa shape index (κ2) is 5.80. The van der Waals surface area contributed by atoms with E-state index in [1.165, 1.54) is 59.0 Å². The van der Waals surface area contributed by atoms with Gasteiger partial charge in [-0.15, -0.1) is 0 Å². The lowest BCUT2D eigenvalue weighted by Gasteiger charge is -2.34. The molecule has 0 radical (unpaired) electrons. The van der Waals surface area contributed by atoms with Crippen molar-refractivity contribution in [2.24, 2.45) is 0 Å². The molecule has 0 unspecified atom stereocenters. The summed E-state index contributed by atoms with van der Waals surface area (Å²) in [6.45, 7) is 5.00. The minimum atomic E-state index is -1.92. The van der Waals surface area contributed by atoms with Gasteiger partial charge < -0.3 is 0 Å². The first-order chi connectivity index (χ1) is 15.1. The molecular formula is C29H21NSi. The number of benzene rings is 5. The van der Waals surface area contributed by atoms with Crippen molar-refractivity contribution in [1.29, 1.82) is 0 Å². The van der Waals surface area contributed by atoms with E-state index in [2.05, 4.69) is 98.0 Å². The van der Waals surface area contributed by atoms with Crippen LogP contribution in [0.3, 0.4) is 0 Å². The van der Waals surface area contributed by atoms with E-state index in [-0.39, 0.29) is 0 Å². The van der Waals surface area contributed by atoms with Gasteiger partial charge in [0.15, 0.2) is 0 Å². The van der Waals surface area contributed by atoms with Gasteiger partial charge in [-0.2, -0.15) is 0 Å². The number of nitrogens with zero attached hydrogens (tertiary/aromatic N) is 1. The molecule has 0 saturated carbocycles. The van der Waals surface area contributed by atoms with Crippen LogP contribution in [0.2, 0.25) is 13.1 Å². The number of fused-ring (bicyclic) bond motifs is 7. The third-order valence-electron chi connectivity index (χ3n) is 7.26. The predicted molar refractivity (Wildman–Crippen MR) is 136 cm³/mol. The number of aromatic nitrogens is 1. The molecule has 1 nitrogen and oxygen atoms in total. The fourth-order valence-electron chi connectivity index (χ4n) is 5.66. The second-order valence-corrected chi connectivity index (χ2v) is 13.6. The Morgan fingerprint density at radius 3 is 2.16 bits per heavy atom. The molecule has 146 valence electrons. The van der Waals surface area contributed by atoms with Crippen molar-refractivity contribution >= 4 is 61.5 Å². The van der Waals surface area contributed by atoms with Gasteiger partial charge in [0.1, 0.15) is 8.07 Å². The largest absolute Gasteiger partial charge is 0.256 e. The SMILES string of the molecule is C[Si]1(C)c2cc3ccccc3cc2-c2nccc3c2c1cc1c2ccccc2ccc31. The van der Waals surface area contributed by atoms with Crippen LogP contribution in [0.5, 0.6) is 0 Å². The Bertz CT molecular complexity index is 1710. The molecule has 0 aliphatic carbocycles. The minimum absolute atomic E-state index is 1.15. The number of hydrogen-bond acceptors (Lipinski definition) is 1. The lowest BCUT2D eigenvalue weighted by molar-refractivity contribution is 1.36. The van der Waals surface area contributed by atoms with Crippen LogP contribution in [0, 0.1) is 0 Å². The van der Waals surface area contributed by atoms with Crippen LogP contribution in [0.25, 0.3) is 54.3 Å². The normalized spacial score (nSPS) is 14.4. The molecule has 2 heterocycles. The van der Waals surface area contributed by atoms with E-state index < -0.39 is 8.07 Å². The van der Waals surface area contributed by atoms with E-state index in [0.29, 0.717) is 0 Å². The Hall–Kier alpha value is -3.49. The van der Waals surface area contributed by atoms with E-state index in [9.17, 15) is 0 Å². The van der Waals surface area contributed by atoms with E-state index in [4.69, 9.17) is 4.98 Å².